The summed E-state index contributed by atoms with van der Waals surface area (Å²) in [5.74, 6) is 0.276. The van der Waals surface area contributed by atoms with Crippen molar-refractivity contribution >= 4 is 38.8 Å². The van der Waals surface area contributed by atoms with Gasteiger partial charge in [0, 0.05) is 4.88 Å². The lowest BCUT2D eigenvalue weighted by Gasteiger charge is -2.12. The Labute approximate surface area is 129 Å². The van der Waals surface area contributed by atoms with Gasteiger partial charge in [-0.2, -0.15) is 0 Å². The van der Waals surface area contributed by atoms with E-state index in [4.69, 9.17) is 4.74 Å². The largest absolute Gasteiger partial charge is 0.467 e. The fraction of sp³-hybridized carbons (Fsp3) is 0.214. The van der Waals surface area contributed by atoms with Gasteiger partial charge in [0.2, 0.25) is 5.88 Å². The van der Waals surface area contributed by atoms with Crippen molar-refractivity contribution in [3.05, 3.63) is 40.2 Å². The van der Waals surface area contributed by atoms with Crippen molar-refractivity contribution in [2.75, 3.05) is 6.61 Å². The number of carbonyl (C=O) groups excluding carboxylic acids is 1. The first-order chi connectivity index (χ1) is 10.2. The second kappa shape index (κ2) is 6.19. The molecule has 0 saturated carbocycles. The van der Waals surface area contributed by atoms with Gasteiger partial charge in [0.05, 0.1) is 11.4 Å². The van der Waals surface area contributed by atoms with Crippen LogP contribution in [-0.4, -0.2) is 22.5 Å². The Hall–Kier alpha value is -1.99. The van der Waals surface area contributed by atoms with Gasteiger partial charge in [0.25, 0.3) is 5.91 Å². The van der Waals surface area contributed by atoms with Crippen LogP contribution in [0.15, 0.2) is 35.3 Å². The molecular weight excluding hydrogens is 306 g/mol. The van der Waals surface area contributed by atoms with Crippen molar-refractivity contribution in [1.29, 1.82) is 0 Å². The summed E-state index contributed by atoms with van der Waals surface area (Å²) in [6.45, 7) is 1.89. The van der Waals surface area contributed by atoms with Gasteiger partial charge in [-0.05, 0) is 29.8 Å². The van der Waals surface area contributed by atoms with Gasteiger partial charge in [0.1, 0.15) is 11.2 Å². The van der Waals surface area contributed by atoms with Crippen LogP contribution in [0, 0.1) is 0 Å². The average Bonchev–Trinajstić information content (AvgIpc) is 3.15. The number of hydrogen-bond acceptors (Lipinski definition) is 6. The van der Waals surface area contributed by atoms with Crippen LogP contribution < -0.4 is 10.1 Å². The summed E-state index contributed by atoms with van der Waals surface area (Å²) in [6.07, 6.45) is 1.44. The van der Waals surface area contributed by atoms with Crippen molar-refractivity contribution in [3.8, 4) is 5.88 Å². The van der Waals surface area contributed by atoms with Gasteiger partial charge < -0.3 is 10.1 Å². The number of rotatable bonds is 5. The normalized spacial score (nSPS) is 12.2. The van der Waals surface area contributed by atoms with E-state index in [0.717, 1.165) is 15.1 Å². The second-order valence-corrected chi connectivity index (χ2v) is 6.29. The van der Waals surface area contributed by atoms with Gasteiger partial charge in [-0.15, -0.1) is 22.7 Å². The zero-order valence-corrected chi connectivity index (χ0v) is 12.9. The summed E-state index contributed by atoms with van der Waals surface area (Å²) in [5.41, 5.74) is 0. The SMILES string of the molecule is CC(NC(=O)COc1ncnc2sccc12)c1cccs1. The smallest absolute Gasteiger partial charge is 0.258 e. The highest BCUT2D eigenvalue weighted by Gasteiger charge is 2.12. The maximum absolute atomic E-state index is 11.9. The molecule has 0 spiro atoms. The molecule has 1 N–H and O–H groups in total. The number of carbonyl (C=O) groups is 1. The highest BCUT2D eigenvalue weighted by molar-refractivity contribution is 7.16. The molecule has 1 atom stereocenters. The molecule has 0 saturated heterocycles. The first-order valence-electron chi connectivity index (χ1n) is 6.38. The fourth-order valence-corrected chi connectivity index (χ4v) is 3.37. The van der Waals surface area contributed by atoms with Crippen LogP contribution in [0.4, 0.5) is 0 Å². The highest BCUT2D eigenvalue weighted by Crippen LogP contribution is 2.25. The van der Waals surface area contributed by atoms with Crippen LogP contribution in [0.2, 0.25) is 0 Å². The quantitative estimate of drug-likeness (QED) is 0.785. The average molecular weight is 319 g/mol. The van der Waals surface area contributed by atoms with Crippen LogP contribution in [0.3, 0.4) is 0 Å². The summed E-state index contributed by atoms with van der Waals surface area (Å²) in [4.78, 5) is 22.1. The molecular formula is C14H13N3O2S2. The molecule has 0 radical (unpaired) electrons. The van der Waals surface area contributed by atoms with Crippen molar-refractivity contribution < 1.29 is 9.53 Å². The molecule has 7 heteroatoms. The number of hydrogen-bond donors (Lipinski definition) is 1. The predicted octanol–water partition coefficient (Wildman–Crippen LogP) is 3.01. The van der Waals surface area contributed by atoms with Crippen LogP contribution in [-0.2, 0) is 4.79 Å². The van der Waals surface area contributed by atoms with Crippen LogP contribution in [0.25, 0.3) is 10.2 Å². The number of ether oxygens (including phenoxy) is 1. The number of thiophene rings is 2. The lowest BCUT2D eigenvalue weighted by atomic mass is 10.3. The van der Waals surface area contributed by atoms with E-state index in [9.17, 15) is 4.79 Å². The summed E-state index contributed by atoms with van der Waals surface area (Å²) < 4.78 is 5.50. The Bertz CT molecular complexity index is 740. The second-order valence-electron chi connectivity index (χ2n) is 4.41. The van der Waals surface area contributed by atoms with E-state index in [1.54, 1.807) is 11.3 Å². The lowest BCUT2D eigenvalue weighted by Crippen LogP contribution is -2.31. The third kappa shape index (κ3) is 3.20. The molecule has 5 nitrogen and oxygen atoms in total. The number of amides is 1. The zero-order chi connectivity index (χ0) is 14.7. The molecule has 0 bridgehead atoms. The molecule has 0 aliphatic heterocycles. The van der Waals surface area contributed by atoms with Crippen molar-refractivity contribution in [1.82, 2.24) is 15.3 Å². The molecule has 0 fully saturated rings. The maximum atomic E-state index is 11.9. The van der Waals surface area contributed by atoms with E-state index in [-0.39, 0.29) is 18.6 Å². The van der Waals surface area contributed by atoms with Crippen LogP contribution in [0.1, 0.15) is 17.8 Å². The minimum atomic E-state index is -0.169. The van der Waals surface area contributed by atoms with E-state index in [1.165, 1.54) is 17.7 Å². The monoisotopic (exact) mass is 319 g/mol. The molecule has 3 aromatic rings. The van der Waals surface area contributed by atoms with Gasteiger partial charge in [0.15, 0.2) is 6.61 Å². The predicted molar refractivity (Wildman–Crippen MR) is 83.8 cm³/mol. The summed E-state index contributed by atoms with van der Waals surface area (Å²) in [5, 5.41) is 7.65. The first-order valence-corrected chi connectivity index (χ1v) is 8.14. The van der Waals surface area contributed by atoms with Crippen molar-refractivity contribution in [2.45, 2.75) is 13.0 Å². The lowest BCUT2D eigenvalue weighted by molar-refractivity contribution is -0.123. The summed E-state index contributed by atoms with van der Waals surface area (Å²) in [6, 6.07) is 5.83. The fourth-order valence-electron chi connectivity index (χ4n) is 1.91. The minimum absolute atomic E-state index is 0.0207. The third-order valence-electron chi connectivity index (χ3n) is 2.91. The Morgan fingerprint density at radius 3 is 3.05 bits per heavy atom. The van der Waals surface area contributed by atoms with Crippen LogP contribution in [0.5, 0.6) is 5.88 Å². The molecule has 3 heterocycles. The maximum Gasteiger partial charge on any atom is 0.258 e. The Balaban J connectivity index is 1.60. The molecule has 0 aliphatic carbocycles. The molecule has 0 aliphatic rings. The molecule has 0 aromatic carbocycles. The van der Waals surface area contributed by atoms with Crippen molar-refractivity contribution in [3.63, 3.8) is 0 Å². The molecule has 3 rings (SSSR count). The number of aromatic nitrogens is 2. The minimum Gasteiger partial charge on any atom is -0.467 e. The molecule has 1 amide bonds. The summed E-state index contributed by atoms with van der Waals surface area (Å²) in [7, 11) is 0. The van der Waals surface area contributed by atoms with E-state index in [1.807, 2.05) is 35.9 Å². The number of nitrogens with one attached hydrogen (secondary N) is 1. The van der Waals surface area contributed by atoms with Gasteiger partial charge in [-0.3, -0.25) is 4.79 Å². The van der Waals surface area contributed by atoms with Crippen LogP contribution >= 0.6 is 22.7 Å². The third-order valence-corrected chi connectivity index (χ3v) is 4.79. The van der Waals surface area contributed by atoms with E-state index < -0.39 is 0 Å². The first kappa shape index (κ1) is 14.0. The zero-order valence-electron chi connectivity index (χ0n) is 11.3. The van der Waals surface area contributed by atoms with E-state index >= 15 is 0 Å². The van der Waals surface area contributed by atoms with Gasteiger partial charge >= 0.3 is 0 Å². The van der Waals surface area contributed by atoms with Gasteiger partial charge in [-0.25, -0.2) is 9.97 Å². The molecule has 1 unspecified atom stereocenters. The number of fused-ring (bicyclic) bond motifs is 1. The Morgan fingerprint density at radius 2 is 2.24 bits per heavy atom. The Morgan fingerprint density at radius 1 is 1.33 bits per heavy atom. The highest BCUT2D eigenvalue weighted by atomic mass is 32.1. The summed E-state index contributed by atoms with van der Waals surface area (Å²) >= 11 is 3.13. The Kier molecular flexibility index (Phi) is 4.12. The molecule has 108 valence electrons. The standard InChI is InChI=1S/C14H13N3O2S2/c1-9(11-3-2-5-20-11)17-12(18)7-19-13-10-4-6-21-14(10)16-8-15-13/h2-6,8-9H,7H2,1H3,(H,17,18). The van der Waals surface area contributed by atoms with E-state index in [2.05, 4.69) is 15.3 Å². The molecule has 3 aromatic heterocycles. The van der Waals surface area contributed by atoms with E-state index in [0.29, 0.717) is 5.88 Å². The van der Waals surface area contributed by atoms with Gasteiger partial charge in [-0.1, -0.05) is 6.07 Å². The molecule has 21 heavy (non-hydrogen) atoms. The number of nitrogens with zero attached hydrogens (tertiary/aromatic N) is 2. The topological polar surface area (TPSA) is 64.1 Å². The van der Waals surface area contributed by atoms with Crippen molar-refractivity contribution in [2.24, 2.45) is 0 Å².